The van der Waals surface area contributed by atoms with Crippen LogP contribution in [0, 0.1) is 6.92 Å². The smallest absolute Gasteiger partial charge is 0.247 e. The predicted octanol–water partition coefficient (Wildman–Crippen LogP) is 4.37. The maximum Gasteiger partial charge on any atom is 0.247 e. The molecule has 0 bridgehead atoms. The zero-order valence-corrected chi connectivity index (χ0v) is 17.8. The number of hydrogen-bond acceptors (Lipinski definition) is 5. The molecule has 0 spiro atoms. The Hall–Kier alpha value is -3.19. The van der Waals surface area contributed by atoms with Crippen LogP contribution in [0.2, 0.25) is 0 Å². The fourth-order valence-corrected chi connectivity index (χ4v) is 4.34. The van der Waals surface area contributed by atoms with Crippen LogP contribution in [0.4, 0.5) is 17.1 Å². The number of rotatable bonds is 6. The number of aromatic nitrogens is 1. The third-order valence-electron chi connectivity index (χ3n) is 5.18. The molecule has 154 valence electrons. The third-order valence-corrected chi connectivity index (χ3v) is 6.22. The molecule has 4 rings (SSSR count). The number of anilines is 3. The number of para-hydroxylation sites is 3. The normalized spacial score (nSPS) is 15.5. The molecule has 1 aliphatic rings. The third kappa shape index (κ3) is 4.21. The number of carbonyl (C=O) groups excluding carboxylic acids is 2. The predicted molar refractivity (Wildman–Crippen MR) is 121 cm³/mol. The van der Waals surface area contributed by atoms with E-state index in [-0.39, 0.29) is 18.2 Å². The topological polar surface area (TPSA) is 74.3 Å². The van der Waals surface area contributed by atoms with E-state index in [2.05, 4.69) is 22.5 Å². The second-order valence-corrected chi connectivity index (χ2v) is 8.25. The molecule has 0 aliphatic carbocycles. The molecule has 0 unspecified atom stereocenters. The lowest BCUT2D eigenvalue weighted by Gasteiger charge is -2.37. The minimum Gasteiger partial charge on any atom is -0.351 e. The molecule has 1 aliphatic heterocycles. The molecule has 2 N–H and O–H groups in total. The molecular weight excluding hydrogens is 396 g/mol. The molecule has 2 heterocycles. The molecule has 2 amide bonds. The van der Waals surface area contributed by atoms with Crippen LogP contribution >= 0.6 is 11.3 Å². The number of hydrogen-bond donors (Lipinski definition) is 2. The first kappa shape index (κ1) is 20.1. The molecule has 6 nitrogen and oxygen atoms in total. The van der Waals surface area contributed by atoms with Gasteiger partial charge in [0.2, 0.25) is 11.8 Å². The van der Waals surface area contributed by atoms with Crippen LogP contribution in [-0.4, -0.2) is 22.8 Å². The molecule has 0 saturated heterocycles. The molecular formula is C23H24N4O2S. The van der Waals surface area contributed by atoms with E-state index in [1.807, 2.05) is 65.7 Å². The summed E-state index contributed by atoms with van der Waals surface area (Å²) >= 11 is 1.62. The van der Waals surface area contributed by atoms with E-state index in [1.54, 1.807) is 11.3 Å². The maximum atomic E-state index is 12.9. The average molecular weight is 421 g/mol. The Morgan fingerprint density at radius 3 is 2.73 bits per heavy atom. The van der Waals surface area contributed by atoms with Gasteiger partial charge in [-0.05, 0) is 37.1 Å². The number of nitrogens with one attached hydrogen (secondary N) is 2. The molecule has 0 fully saturated rings. The van der Waals surface area contributed by atoms with E-state index < -0.39 is 6.04 Å². The van der Waals surface area contributed by atoms with Crippen LogP contribution in [0.1, 0.15) is 29.6 Å². The number of aryl methyl sites for hydroxylation is 2. The molecule has 0 saturated carbocycles. The van der Waals surface area contributed by atoms with Crippen LogP contribution in [0.25, 0.3) is 0 Å². The van der Waals surface area contributed by atoms with Crippen molar-refractivity contribution >= 4 is 40.2 Å². The van der Waals surface area contributed by atoms with Crippen molar-refractivity contribution < 1.29 is 9.59 Å². The molecule has 0 radical (unpaired) electrons. The summed E-state index contributed by atoms with van der Waals surface area (Å²) in [6.45, 7) is 4.49. The van der Waals surface area contributed by atoms with Gasteiger partial charge in [0.1, 0.15) is 6.04 Å². The molecule has 30 heavy (non-hydrogen) atoms. The van der Waals surface area contributed by atoms with Crippen molar-refractivity contribution in [2.45, 2.75) is 39.3 Å². The molecule has 1 atom stereocenters. The van der Waals surface area contributed by atoms with Crippen molar-refractivity contribution in [1.82, 2.24) is 4.98 Å². The number of benzene rings is 2. The SMILES string of the molecule is CCc1nc(CN2c3ccccc3NC(=O)[C@H]2CC(=O)Nc2ccccc2C)cs1. The zero-order chi connectivity index (χ0) is 21.1. The number of fused-ring (bicyclic) bond motifs is 1. The van der Waals surface area contributed by atoms with Crippen molar-refractivity contribution in [2.75, 3.05) is 15.5 Å². The highest BCUT2D eigenvalue weighted by Gasteiger charge is 2.34. The van der Waals surface area contributed by atoms with Crippen LogP contribution in [0.3, 0.4) is 0 Å². The first-order valence-electron chi connectivity index (χ1n) is 10.0. The monoisotopic (exact) mass is 420 g/mol. The van der Waals surface area contributed by atoms with Crippen molar-refractivity contribution in [1.29, 1.82) is 0 Å². The first-order chi connectivity index (χ1) is 14.5. The lowest BCUT2D eigenvalue weighted by molar-refractivity contribution is -0.122. The summed E-state index contributed by atoms with van der Waals surface area (Å²) in [5.41, 5.74) is 4.31. The van der Waals surface area contributed by atoms with Crippen LogP contribution < -0.4 is 15.5 Å². The second kappa shape index (κ2) is 8.67. The van der Waals surface area contributed by atoms with E-state index in [1.165, 1.54) is 0 Å². The van der Waals surface area contributed by atoms with Gasteiger partial charge in [-0.1, -0.05) is 37.3 Å². The van der Waals surface area contributed by atoms with Gasteiger partial charge in [-0.25, -0.2) is 4.98 Å². The van der Waals surface area contributed by atoms with E-state index in [9.17, 15) is 9.59 Å². The van der Waals surface area contributed by atoms with Crippen molar-refractivity contribution in [3.05, 3.63) is 70.2 Å². The van der Waals surface area contributed by atoms with Crippen molar-refractivity contribution in [3.8, 4) is 0 Å². The van der Waals surface area contributed by atoms with Crippen LogP contribution in [0.15, 0.2) is 53.9 Å². The first-order valence-corrected chi connectivity index (χ1v) is 10.9. The van der Waals surface area contributed by atoms with Crippen LogP contribution in [-0.2, 0) is 22.6 Å². The lowest BCUT2D eigenvalue weighted by atomic mass is 10.0. The Kier molecular flexibility index (Phi) is 5.81. The molecule has 2 aromatic carbocycles. The summed E-state index contributed by atoms with van der Waals surface area (Å²) in [4.78, 5) is 32.4. The number of amides is 2. The highest BCUT2D eigenvalue weighted by Crippen LogP contribution is 2.34. The van der Waals surface area contributed by atoms with E-state index in [0.717, 1.165) is 39.7 Å². The van der Waals surface area contributed by atoms with Gasteiger partial charge in [-0.3, -0.25) is 9.59 Å². The number of carbonyl (C=O) groups is 2. The Morgan fingerprint density at radius 1 is 1.20 bits per heavy atom. The van der Waals surface area contributed by atoms with E-state index >= 15 is 0 Å². The summed E-state index contributed by atoms with van der Waals surface area (Å²) in [5.74, 6) is -0.374. The quantitative estimate of drug-likeness (QED) is 0.621. The second-order valence-electron chi connectivity index (χ2n) is 7.30. The maximum absolute atomic E-state index is 12.9. The van der Waals surface area contributed by atoms with Crippen LogP contribution in [0.5, 0.6) is 0 Å². The minimum absolute atomic E-state index is 0.0548. The van der Waals surface area contributed by atoms with Gasteiger partial charge >= 0.3 is 0 Å². The van der Waals surface area contributed by atoms with Gasteiger partial charge < -0.3 is 15.5 Å². The molecule has 3 aromatic rings. The summed E-state index contributed by atoms with van der Waals surface area (Å²) in [6.07, 6.45) is 0.934. The summed E-state index contributed by atoms with van der Waals surface area (Å²) in [7, 11) is 0. The van der Waals surface area contributed by atoms with Gasteiger partial charge in [0.05, 0.1) is 35.0 Å². The summed E-state index contributed by atoms with van der Waals surface area (Å²) in [6, 6.07) is 14.7. The fraction of sp³-hybridized carbons (Fsp3) is 0.261. The highest BCUT2D eigenvalue weighted by molar-refractivity contribution is 7.09. The van der Waals surface area contributed by atoms with Gasteiger partial charge in [-0.2, -0.15) is 0 Å². The van der Waals surface area contributed by atoms with Gasteiger partial charge in [0.15, 0.2) is 0 Å². The standard InChI is InChI=1S/C23H24N4O2S/c1-3-22-24-16(14-30-22)13-27-19-11-7-6-10-18(19)26-23(29)20(27)12-21(28)25-17-9-5-4-8-15(17)2/h4-11,14,20H,3,12-13H2,1-2H3,(H,25,28)(H,26,29)/t20-/m1/s1. The molecule has 1 aromatic heterocycles. The van der Waals surface area contributed by atoms with Crippen molar-refractivity contribution in [3.63, 3.8) is 0 Å². The Bertz CT molecular complexity index is 1080. The summed E-state index contributed by atoms with van der Waals surface area (Å²) < 4.78 is 0. The van der Waals surface area contributed by atoms with Gasteiger partial charge in [0.25, 0.3) is 0 Å². The average Bonchev–Trinajstić information content (AvgIpc) is 3.20. The summed E-state index contributed by atoms with van der Waals surface area (Å²) in [5, 5.41) is 8.97. The zero-order valence-electron chi connectivity index (χ0n) is 17.0. The van der Waals surface area contributed by atoms with E-state index in [4.69, 9.17) is 0 Å². The highest BCUT2D eigenvalue weighted by atomic mass is 32.1. The lowest BCUT2D eigenvalue weighted by Crippen LogP contribution is -2.49. The number of nitrogens with zero attached hydrogens (tertiary/aromatic N) is 2. The largest absolute Gasteiger partial charge is 0.351 e. The van der Waals surface area contributed by atoms with Crippen molar-refractivity contribution in [2.24, 2.45) is 0 Å². The Morgan fingerprint density at radius 2 is 1.97 bits per heavy atom. The van der Waals surface area contributed by atoms with Gasteiger partial charge in [0, 0.05) is 11.1 Å². The van der Waals surface area contributed by atoms with E-state index in [0.29, 0.717) is 6.54 Å². The Balaban J connectivity index is 1.59. The molecule has 7 heteroatoms. The Labute approximate surface area is 180 Å². The minimum atomic E-state index is -0.615. The number of thiazole rings is 1. The fourth-order valence-electron chi connectivity index (χ4n) is 3.60. The van der Waals surface area contributed by atoms with Gasteiger partial charge in [-0.15, -0.1) is 11.3 Å².